The molecular formula is C11H17N3O. The fraction of sp³-hybridized carbons (Fsp3) is 0.636. The maximum absolute atomic E-state index is 6.22. The topological polar surface area (TPSA) is 61.0 Å². The number of methoxy groups -OCH3 is 1. The molecule has 1 heterocycles. The smallest absolute Gasteiger partial charge is 0.0886 e. The summed E-state index contributed by atoms with van der Waals surface area (Å²) in [6.07, 6.45) is 9.45. The van der Waals surface area contributed by atoms with Gasteiger partial charge >= 0.3 is 0 Å². The molecule has 1 aromatic heterocycles. The normalized spacial score (nSPS) is 21.5. The van der Waals surface area contributed by atoms with Crippen molar-refractivity contribution in [3.63, 3.8) is 0 Å². The summed E-state index contributed by atoms with van der Waals surface area (Å²) in [7, 11) is 1.74. The van der Waals surface area contributed by atoms with Crippen LogP contribution < -0.4 is 5.73 Å². The van der Waals surface area contributed by atoms with E-state index in [9.17, 15) is 0 Å². The Morgan fingerprint density at radius 3 is 2.67 bits per heavy atom. The van der Waals surface area contributed by atoms with Gasteiger partial charge in [0.15, 0.2) is 0 Å². The predicted molar refractivity (Wildman–Crippen MR) is 57.2 cm³/mol. The maximum Gasteiger partial charge on any atom is 0.0886 e. The van der Waals surface area contributed by atoms with Crippen LogP contribution >= 0.6 is 0 Å². The Bertz CT molecular complexity index is 309. The number of ether oxygens (including phenoxy) is 1. The zero-order valence-electron chi connectivity index (χ0n) is 9.02. The Balaban J connectivity index is 2.22. The van der Waals surface area contributed by atoms with Gasteiger partial charge in [-0.05, 0) is 12.8 Å². The van der Waals surface area contributed by atoms with Crippen LogP contribution in [-0.2, 0) is 4.74 Å². The van der Waals surface area contributed by atoms with E-state index in [1.54, 1.807) is 25.7 Å². The van der Waals surface area contributed by atoms with Crippen molar-refractivity contribution < 1.29 is 4.74 Å². The Morgan fingerprint density at radius 2 is 2.13 bits per heavy atom. The summed E-state index contributed by atoms with van der Waals surface area (Å²) in [4.78, 5) is 8.29. The molecule has 0 amide bonds. The molecule has 4 heteroatoms. The lowest BCUT2D eigenvalue weighted by atomic mass is 9.90. The van der Waals surface area contributed by atoms with E-state index in [0.29, 0.717) is 0 Å². The second-order valence-corrected chi connectivity index (χ2v) is 4.08. The molecule has 0 spiro atoms. The molecule has 1 saturated carbocycles. The SMILES string of the molecule is COC1(C(N)c2cnccn2)CCCC1. The van der Waals surface area contributed by atoms with E-state index in [1.165, 1.54) is 12.8 Å². The summed E-state index contributed by atoms with van der Waals surface area (Å²) in [5.74, 6) is 0. The van der Waals surface area contributed by atoms with Crippen LogP contribution in [0.4, 0.5) is 0 Å². The number of aromatic nitrogens is 2. The van der Waals surface area contributed by atoms with Crippen molar-refractivity contribution in [3.05, 3.63) is 24.3 Å². The predicted octanol–water partition coefficient (Wildman–Crippen LogP) is 1.44. The summed E-state index contributed by atoms with van der Waals surface area (Å²) in [6, 6.07) is -0.168. The number of hydrogen-bond acceptors (Lipinski definition) is 4. The third-order valence-electron chi connectivity index (χ3n) is 3.33. The Morgan fingerprint density at radius 1 is 1.40 bits per heavy atom. The van der Waals surface area contributed by atoms with Gasteiger partial charge in [0, 0.05) is 19.5 Å². The van der Waals surface area contributed by atoms with Gasteiger partial charge < -0.3 is 10.5 Å². The number of hydrogen-bond donors (Lipinski definition) is 1. The second kappa shape index (κ2) is 4.24. The molecule has 1 fully saturated rings. The van der Waals surface area contributed by atoms with Gasteiger partial charge in [-0.2, -0.15) is 0 Å². The molecule has 15 heavy (non-hydrogen) atoms. The molecule has 0 aliphatic heterocycles. The minimum atomic E-state index is -0.226. The van der Waals surface area contributed by atoms with Gasteiger partial charge in [0.05, 0.1) is 23.5 Å². The van der Waals surface area contributed by atoms with Gasteiger partial charge in [-0.3, -0.25) is 9.97 Å². The summed E-state index contributed by atoms with van der Waals surface area (Å²) in [5, 5.41) is 0. The highest BCUT2D eigenvalue weighted by Gasteiger charge is 2.41. The molecule has 1 aliphatic rings. The standard InChI is InChI=1S/C11H17N3O/c1-15-11(4-2-3-5-11)10(12)9-8-13-6-7-14-9/h6-8,10H,2-5,12H2,1H3. The van der Waals surface area contributed by atoms with Crippen LogP contribution in [0, 0.1) is 0 Å². The maximum atomic E-state index is 6.22. The third kappa shape index (κ3) is 1.87. The molecular weight excluding hydrogens is 190 g/mol. The van der Waals surface area contributed by atoms with Gasteiger partial charge in [0.2, 0.25) is 0 Å². The first-order valence-corrected chi connectivity index (χ1v) is 5.35. The van der Waals surface area contributed by atoms with Crippen LogP contribution in [-0.4, -0.2) is 22.7 Å². The zero-order valence-corrected chi connectivity index (χ0v) is 9.02. The van der Waals surface area contributed by atoms with E-state index < -0.39 is 0 Å². The monoisotopic (exact) mass is 207 g/mol. The molecule has 82 valence electrons. The van der Waals surface area contributed by atoms with Gasteiger partial charge in [-0.15, -0.1) is 0 Å². The fourth-order valence-corrected chi connectivity index (χ4v) is 2.36. The zero-order chi connectivity index (χ0) is 10.7. The quantitative estimate of drug-likeness (QED) is 0.814. The Kier molecular flexibility index (Phi) is 2.98. The van der Waals surface area contributed by atoms with Gasteiger partial charge in [0.25, 0.3) is 0 Å². The summed E-state index contributed by atoms with van der Waals surface area (Å²) in [5.41, 5.74) is 6.81. The summed E-state index contributed by atoms with van der Waals surface area (Å²) in [6.45, 7) is 0. The van der Waals surface area contributed by atoms with E-state index in [2.05, 4.69) is 9.97 Å². The largest absolute Gasteiger partial charge is 0.376 e. The third-order valence-corrected chi connectivity index (χ3v) is 3.33. The lowest BCUT2D eigenvalue weighted by Gasteiger charge is -2.33. The van der Waals surface area contributed by atoms with Crippen molar-refractivity contribution in [2.75, 3.05) is 7.11 Å². The van der Waals surface area contributed by atoms with E-state index in [-0.39, 0.29) is 11.6 Å². The van der Waals surface area contributed by atoms with Crippen LogP contribution in [0.3, 0.4) is 0 Å². The van der Waals surface area contributed by atoms with Gasteiger partial charge in [-0.1, -0.05) is 12.8 Å². The van der Waals surface area contributed by atoms with Crippen molar-refractivity contribution in [3.8, 4) is 0 Å². The van der Waals surface area contributed by atoms with Crippen LogP contribution in [0.15, 0.2) is 18.6 Å². The van der Waals surface area contributed by atoms with E-state index >= 15 is 0 Å². The van der Waals surface area contributed by atoms with Crippen LogP contribution in [0.2, 0.25) is 0 Å². The molecule has 2 N–H and O–H groups in total. The molecule has 4 nitrogen and oxygen atoms in total. The minimum Gasteiger partial charge on any atom is -0.376 e. The lowest BCUT2D eigenvalue weighted by Crippen LogP contribution is -2.41. The van der Waals surface area contributed by atoms with Crippen molar-refractivity contribution in [2.45, 2.75) is 37.3 Å². The number of nitrogens with zero attached hydrogens (tertiary/aromatic N) is 2. The highest BCUT2D eigenvalue weighted by atomic mass is 16.5. The molecule has 1 atom stereocenters. The Labute approximate surface area is 89.9 Å². The average Bonchev–Trinajstić information content (AvgIpc) is 2.79. The summed E-state index contributed by atoms with van der Waals surface area (Å²) >= 11 is 0. The van der Waals surface area contributed by atoms with Crippen LogP contribution in [0.1, 0.15) is 37.4 Å². The lowest BCUT2D eigenvalue weighted by molar-refractivity contribution is -0.0274. The minimum absolute atomic E-state index is 0.168. The number of nitrogens with two attached hydrogens (primary N) is 1. The van der Waals surface area contributed by atoms with Crippen LogP contribution in [0.5, 0.6) is 0 Å². The molecule has 2 rings (SSSR count). The second-order valence-electron chi connectivity index (χ2n) is 4.08. The molecule has 1 aliphatic carbocycles. The molecule has 0 radical (unpaired) electrons. The van der Waals surface area contributed by atoms with Crippen molar-refractivity contribution in [1.29, 1.82) is 0 Å². The molecule has 1 unspecified atom stereocenters. The van der Waals surface area contributed by atoms with E-state index in [4.69, 9.17) is 10.5 Å². The first-order chi connectivity index (χ1) is 7.28. The highest BCUT2D eigenvalue weighted by molar-refractivity contribution is 5.10. The number of rotatable bonds is 3. The first kappa shape index (κ1) is 10.5. The van der Waals surface area contributed by atoms with E-state index in [1.807, 2.05) is 0 Å². The van der Waals surface area contributed by atoms with Crippen molar-refractivity contribution in [2.24, 2.45) is 5.73 Å². The molecule has 0 bridgehead atoms. The molecule has 1 aromatic rings. The summed E-state index contributed by atoms with van der Waals surface area (Å²) < 4.78 is 5.62. The Hall–Kier alpha value is -1.00. The van der Waals surface area contributed by atoms with Crippen molar-refractivity contribution in [1.82, 2.24) is 9.97 Å². The average molecular weight is 207 g/mol. The van der Waals surface area contributed by atoms with E-state index in [0.717, 1.165) is 18.5 Å². The molecule has 0 aromatic carbocycles. The van der Waals surface area contributed by atoms with Gasteiger partial charge in [0.1, 0.15) is 0 Å². The fourth-order valence-electron chi connectivity index (χ4n) is 2.36. The van der Waals surface area contributed by atoms with Crippen molar-refractivity contribution >= 4 is 0 Å². The van der Waals surface area contributed by atoms with Crippen LogP contribution in [0.25, 0.3) is 0 Å². The molecule has 0 saturated heterocycles. The van der Waals surface area contributed by atoms with Gasteiger partial charge in [-0.25, -0.2) is 0 Å². The first-order valence-electron chi connectivity index (χ1n) is 5.35. The highest BCUT2D eigenvalue weighted by Crippen LogP contribution is 2.40.